The molecule has 1 aromatic rings. The second-order valence-corrected chi connectivity index (χ2v) is 8.71. The van der Waals surface area contributed by atoms with Gasteiger partial charge in [-0.1, -0.05) is 48.9 Å². The molecule has 0 bridgehead atoms. The average Bonchev–Trinajstić information content (AvgIpc) is 3.14. The van der Waals surface area contributed by atoms with Crippen LogP contribution in [0.15, 0.2) is 17.0 Å². The first-order valence-corrected chi connectivity index (χ1v) is 10.3. The summed E-state index contributed by atoms with van der Waals surface area (Å²) >= 11 is 2.70. The van der Waals surface area contributed by atoms with E-state index >= 15 is 0 Å². The average molecular weight is 396 g/mol. The monoisotopic (exact) mass is 395 g/mol. The molecule has 26 heavy (non-hydrogen) atoms. The van der Waals surface area contributed by atoms with Gasteiger partial charge >= 0.3 is 6.03 Å². The van der Waals surface area contributed by atoms with Gasteiger partial charge in [0.15, 0.2) is 4.34 Å². The second kappa shape index (κ2) is 7.75. The normalized spacial score (nSPS) is 25.4. The van der Waals surface area contributed by atoms with E-state index in [1.54, 1.807) is 6.08 Å². The molecule has 1 aliphatic carbocycles. The molecule has 1 aliphatic heterocycles. The number of hydrogen-bond acceptors (Lipinski definition) is 7. The summed E-state index contributed by atoms with van der Waals surface area (Å²) in [5.41, 5.74) is -0.854. The van der Waals surface area contributed by atoms with Crippen LogP contribution in [0.25, 0.3) is 0 Å². The molecule has 1 saturated heterocycles. The minimum atomic E-state index is -0.854. The first-order valence-electron chi connectivity index (χ1n) is 8.47. The third-order valence-corrected chi connectivity index (χ3v) is 6.75. The maximum Gasteiger partial charge on any atom is 0.325 e. The largest absolute Gasteiger partial charge is 0.325 e. The van der Waals surface area contributed by atoms with Crippen LogP contribution in [0, 0.1) is 5.92 Å². The maximum absolute atomic E-state index is 12.8. The van der Waals surface area contributed by atoms with E-state index < -0.39 is 17.5 Å². The zero-order chi connectivity index (χ0) is 18.7. The van der Waals surface area contributed by atoms with Gasteiger partial charge in [-0.05, 0) is 18.8 Å². The molecular formula is C16H21N5O3S2. The van der Waals surface area contributed by atoms with E-state index in [-0.39, 0.29) is 18.4 Å². The summed E-state index contributed by atoms with van der Waals surface area (Å²) in [6.45, 7) is 5.29. The lowest BCUT2D eigenvalue weighted by molar-refractivity contribution is -0.136. The van der Waals surface area contributed by atoms with Crippen molar-refractivity contribution in [3.05, 3.63) is 12.7 Å². The van der Waals surface area contributed by atoms with Crippen LogP contribution in [-0.4, -0.2) is 50.8 Å². The topological polar surface area (TPSA) is 104 Å². The number of rotatable bonds is 6. The predicted molar refractivity (Wildman–Crippen MR) is 100 cm³/mol. The van der Waals surface area contributed by atoms with E-state index in [9.17, 15) is 14.4 Å². The lowest BCUT2D eigenvalue weighted by Gasteiger charge is -2.36. The third-order valence-electron chi connectivity index (χ3n) is 4.78. The van der Waals surface area contributed by atoms with Gasteiger partial charge in [0, 0.05) is 5.75 Å². The number of imide groups is 1. The molecule has 2 heterocycles. The van der Waals surface area contributed by atoms with Gasteiger partial charge in [-0.15, -0.1) is 16.8 Å². The van der Waals surface area contributed by atoms with E-state index in [0.29, 0.717) is 21.6 Å². The van der Waals surface area contributed by atoms with E-state index in [1.807, 2.05) is 6.92 Å². The predicted octanol–water partition coefficient (Wildman–Crippen LogP) is 2.26. The molecule has 140 valence electrons. The summed E-state index contributed by atoms with van der Waals surface area (Å²) in [7, 11) is 0. The first-order chi connectivity index (χ1) is 12.5. The van der Waals surface area contributed by atoms with Crippen LogP contribution >= 0.6 is 23.1 Å². The fraction of sp³-hybridized carbons (Fsp3) is 0.562. The Bertz CT molecular complexity index is 737. The highest BCUT2D eigenvalue weighted by molar-refractivity contribution is 8.01. The summed E-state index contributed by atoms with van der Waals surface area (Å²) in [4.78, 5) is 38.4. The molecule has 1 aromatic heterocycles. The molecule has 8 nitrogen and oxygen atoms in total. The van der Waals surface area contributed by atoms with Crippen molar-refractivity contribution in [1.29, 1.82) is 0 Å². The minimum absolute atomic E-state index is 0.0633. The van der Waals surface area contributed by atoms with Gasteiger partial charge in [0.1, 0.15) is 12.1 Å². The van der Waals surface area contributed by atoms with Crippen molar-refractivity contribution in [1.82, 2.24) is 20.4 Å². The van der Waals surface area contributed by atoms with Crippen LogP contribution in [-0.2, 0) is 9.59 Å². The summed E-state index contributed by atoms with van der Waals surface area (Å²) < 4.78 is 0.713. The summed E-state index contributed by atoms with van der Waals surface area (Å²) in [6.07, 6.45) is 5.21. The highest BCUT2D eigenvalue weighted by Crippen LogP contribution is 2.38. The Morgan fingerprint density at radius 2 is 2.31 bits per heavy atom. The molecule has 4 amide bonds. The molecule has 2 aliphatic rings. The van der Waals surface area contributed by atoms with Gasteiger partial charge in [-0.25, -0.2) is 4.79 Å². The van der Waals surface area contributed by atoms with E-state index in [1.165, 1.54) is 23.1 Å². The Kier molecular flexibility index (Phi) is 5.61. The number of thioether (sulfide) groups is 1. The Balaban J connectivity index is 1.62. The molecule has 2 atom stereocenters. The first kappa shape index (κ1) is 18.8. The quantitative estimate of drug-likeness (QED) is 0.331. The molecule has 1 saturated carbocycles. The zero-order valence-electron chi connectivity index (χ0n) is 14.5. The molecular weight excluding hydrogens is 374 g/mol. The van der Waals surface area contributed by atoms with Crippen molar-refractivity contribution in [3.8, 4) is 0 Å². The molecule has 0 unspecified atom stereocenters. The molecule has 2 N–H and O–H groups in total. The maximum atomic E-state index is 12.8. The van der Waals surface area contributed by atoms with Gasteiger partial charge in [-0.2, -0.15) is 0 Å². The molecule has 1 spiro atoms. The number of carbonyl (C=O) groups is 3. The summed E-state index contributed by atoms with van der Waals surface area (Å²) in [6, 6.07) is -0.501. The van der Waals surface area contributed by atoms with Gasteiger partial charge in [0.25, 0.3) is 5.91 Å². The number of aromatic nitrogens is 2. The van der Waals surface area contributed by atoms with Crippen LogP contribution in [0.4, 0.5) is 9.93 Å². The number of hydrogen-bond donors (Lipinski definition) is 2. The zero-order valence-corrected chi connectivity index (χ0v) is 16.1. The van der Waals surface area contributed by atoms with Crippen molar-refractivity contribution in [2.75, 3.05) is 17.6 Å². The van der Waals surface area contributed by atoms with Gasteiger partial charge < -0.3 is 5.32 Å². The Morgan fingerprint density at radius 1 is 1.50 bits per heavy atom. The Hall–Kier alpha value is -1.94. The van der Waals surface area contributed by atoms with Gasteiger partial charge in [0.2, 0.25) is 11.0 Å². The molecule has 2 fully saturated rings. The fourth-order valence-corrected chi connectivity index (χ4v) is 4.92. The standard InChI is InChI=1S/C16H21N5O3S2/c1-3-8-25-15-20-19-13(26-15)17-11(22)9-21-12(23)16(18-14(21)24)7-5-4-6-10(16)2/h3,10H,1,4-9H2,2H3,(H,18,24)(H,17,19,22)/t10-,16+/m0/s1. The van der Waals surface area contributed by atoms with Crippen LogP contribution in [0.3, 0.4) is 0 Å². The number of nitrogens with one attached hydrogen (secondary N) is 2. The van der Waals surface area contributed by atoms with Crippen molar-refractivity contribution >= 4 is 46.1 Å². The number of carbonyl (C=O) groups excluding carboxylic acids is 3. The Labute approximate surface area is 159 Å². The smallest absolute Gasteiger partial charge is 0.323 e. The molecule has 3 rings (SSSR count). The number of amides is 4. The highest BCUT2D eigenvalue weighted by Gasteiger charge is 2.55. The Morgan fingerprint density at radius 3 is 3.04 bits per heavy atom. The second-order valence-electron chi connectivity index (χ2n) is 6.46. The van der Waals surface area contributed by atoms with Gasteiger partial charge in [0.05, 0.1) is 0 Å². The minimum Gasteiger partial charge on any atom is -0.323 e. The van der Waals surface area contributed by atoms with Crippen LogP contribution < -0.4 is 10.6 Å². The van der Waals surface area contributed by atoms with Crippen molar-refractivity contribution in [3.63, 3.8) is 0 Å². The summed E-state index contributed by atoms with van der Waals surface area (Å²) in [5.74, 6) is -0.00572. The van der Waals surface area contributed by atoms with Crippen molar-refractivity contribution in [2.24, 2.45) is 5.92 Å². The van der Waals surface area contributed by atoms with E-state index in [4.69, 9.17) is 0 Å². The highest BCUT2D eigenvalue weighted by atomic mass is 32.2. The SMILES string of the molecule is C=CCSc1nnc(NC(=O)CN2C(=O)N[C@@]3(CCCC[C@@H]3C)C2=O)s1. The van der Waals surface area contributed by atoms with E-state index in [2.05, 4.69) is 27.4 Å². The number of urea groups is 1. The lowest BCUT2D eigenvalue weighted by Crippen LogP contribution is -2.54. The molecule has 10 heteroatoms. The molecule has 0 radical (unpaired) electrons. The van der Waals surface area contributed by atoms with Crippen LogP contribution in [0.2, 0.25) is 0 Å². The number of nitrogens with zero attached hydrogens (tertiary/aromatic N) is 3. The third kappa shape index (κ3) is 3.61. The molecule has 0 aromatic carbocycles. The number of anilines is 1. The lowest BCUT2D eigenvalue weighted by atomic mass is 9.73. The van der Waals surface area contributed by atoms with Crippen molar-refractivity contribution < 1.29 is 14.4 Å². The van der Waals surface area contributed by atoms with Crippen LogP contribution in [0.1, 0.15) is 32.6 Å². The van der Waals surface area contributed by atoms with Gasteiger partial charge in [-0.3, -0.25) is 19.8 Å². The summed E-state index contributed by atoms with van der Waals surface area (Å²) in [5, 5.41) is 13.6. The fourth-order valence-electron chi connectivity index (χ4n) is 3.39. The van der Waals surface area contributed by atoms with Crippen molar-refractivity contribution in [2.45, 2.75) is 42.5 Å². The van der Waals surface area contributed by atoms with Crippen LogP contribution in [0.5, 0.6) is 0 Å². The van der Waals surface area contributed by atoms with E-state index in [0.717, 1.165) is 24.2 Å².